The third-order valence-electron chi connectivity index (χ3n) is 9.10. The minimum Gasteiger partial charge on any atom is -0.481 e. The van der Waals surface area contributed by atoms with Crippen LogP contribution in [0.1, 0.15) is 240 Å². The van der Waals surface area contributed by atoms with Crippen LogP contribution in [0, 0.1) is 11.8 Å². The zero-order chi connectivity index (χ0) is 34.4. The number of carbonyl (C=O) groups is 2. The molecule has 0 fully saturated rings. The van der Waals surface area contributed by atoms with E-state index in [0.29, 0.717) is 25.4 Å². The molecule has 0 aromatic carbocycles. The van der Waals surface area contributed by atoms with Gasteiger partial charge in [-0.15, -0.1) is 0 Å². The third kappa shape index (κ3) is 47.3. The average molecular weight is 653 g/mol. The van der Waals surface area contributed by atoms with Crippen LogP contribution in [0.4, 0.5) is 0 Å². The Morgan fingerprint density at radius 3 is 1.11 bits per heavy atom. The maximum Gasteiger partial charge on any atom is 0.305 e. The molecule has 0 rings (SSSR count). The van der Waals surface area contributed by atoms with Crippen molar-refractivity contribution >= 4 is 11.9 Å². The molecule has 0 spiro atoms. The highest BCUT2D eigenvalue weighted by molar-refractivity contribution is 5.69. The van der Waals surface area contributed by atoms with Gasteiger partial charge in [0, 0.05) is 12.8 Å². The number of hydrogen-bond acceptors (Lipinski definition) is 3. The van der Waals surface area contributed by atoms with Gasteiger partial charge in [-0.25, -0.2) is 0 Å². The lowest BCUT2D eigenvalue weighted by molar-refractivity contribution is -0.144. The summed E-state index contributed by atoms with van der Waals surface area (Å²) in [5.74, 6) is 0.921. The second kappa shape index (κ2) is 40.1. The summed E-state index contributed by atoms with van der Waals surface area (Å²) in [5.41, 5.74) is 0. The molecule has 0 bridgehead atoms. The van der Waals surface area contributed by atoms with Crippen molar-refractivity contribution in [1.29, 1.82) is 0 Å². The van der Waals surface area contributed by atoms with E-state index in [1.807, 2.05) is 0 Å². The zero-order valence-corrected chi connectivity index (χ0v) is 32.2. The molecule has 0 saturated heterocycles. The maximum atomic E-state index is 11.9. The van der Waals surface area contributed by atoms with Crippen molar-refractivity contribution in [2.45, 2.75) is 240 Å². The molecule has 0 heterocycles. The molecule has 0 aliphatic heterocycles. The van der Waals surface area contributed by atoms with Crippen LogP contribution in [0.15, 0.2) is 0 Å². The van der Waals surface area contributed by atoms with Crippen LogP contribution in [-0.2, 0) is 14.3 Å². The van der Waals surface area contributed by atoms with Gasteiger partial charge in [0.05, 0.1) is 6.61 Å². The van der Waals surface area contributed by atoms with E-state index in [2.05, 4.69) is 34.6 Å². The average Bonchev–Trinajstić information content (AvgIpc) is 3.01. The van der Waals surface area contributed by atoms with E-state index >= 15 is 0 Å². The van der Waals surface area contributed by atoms with E-state index in [1.165, 1.54) is 161 Å². The molecule has 0 unspecified atom stereocenters. The molecular weight excluding hydrogens is 568 g/mol. The number of carbonyl (C=O) groups excluding carboxylic acids is 1. The Morgan fingerprint density at radius 2 is 0.739 bits per heavy atom. The smallest absolute Gasteiger partial charge is 0.305 e. The van der Waals surface area contributed by atoms with E-state index < -0.39 is 5.97 Å². The van der Waals surface area contributed by atoms with Crippen molar-refractivity contribution < 1.29 is 19.4 Å². The van der Waals surface area contributed by atoms with Crippen LogP contribution < -0.4 is 0 Å². The first-order valence-corrected chi connectivity index (χ1v) is 20.7. The Hall–Kier alpha value is -1.06. The van der Waals surface area contributed by atoms with Gasteiger partial charge in [0.1, 0.15) is 0 Å². The number of aliphatic carboxylic acids is 1. The SMILES string of the molecule is CC(C)CCCCC(=O)O.CCCCCCCCCCCCCCCCOC(=O)CCCCCCCCCCCCCCC(C)C. The molecule has 0 amide bonds. The number of esters is 1. The minimum absolute atomic E-state index is 0.0260. The van der Waals surface area contributed by atoms with Gasteiger partial charge in [-0.05, 0) is 31.1 Å². The quantitative estimate of drug-likeness (QED) is 0.0546. The first-order chi connectivity index (χ1) is 22.3. The summed E-state index contributed by atoms with van der Waals surface area (Å²) in [6.45, 7) is 11.9. The van der Waals surface area contributed by atoms with Crippen molar-refractivity contribution in [3.05, 3.63) is 0 Å². The van der Waals surface area contributed by atoms with Crippen LogP contribution in [0.5, 0.6) is 0 Å². The summed E-state index contributed by atoms with van der Waals surface area (Å²) in [5, 5.41) is 8.28. The number of hydrogen-bond donors (Lipinski definition) is 1. The minimum atomic E-state index is -0.677. The lowest BCUT2D eigenvalue weighted by atomic mass is 10.0. The number of unbranched alkanes of at least 4 members (excludes halogenated alkanes) is 25. The van der Waals surface area contributed by atoms with Gasteiger partial charge in [-0.3, -0.25) is 9.59 Å². The molecule has 0 aromatic heterocycles. The fourth-order valence-electron chi connectivity index (χ4n) is 5.97. The Bertz CT molecular complexity index is 600. The summed E-state index contributed by atoms with van der Waals surface area (Å²) < 4.78 is 5.43. The van der Waals surface area contributed by atoms with Crippen molar-refractivity contribution in [3.8, 4) is 0 Å². The van der Waals surface area contributed by atoms with E-state index in [1.54, 1.807) is 0 Å². The Labute approximate surface area is 289 Å². The van der Waals surface area contributed by atoms with Gasteiger partial charge >= 0.3 is 11.9 Å². The molecule has 276 valence electrons. The fourth-order valence-corrected chi connectivity index (χ4v) is 5.97. The summed E-state index contributed by atoms with van der Waals surface area (Å²) in [4.78, 5) is 21.9. The van der Waals surface area contributed by atoms with Gasteiger partial charge in [0.2, 0.25) is 0 Å². The normalized spacial score (nSPS) is 11.2. The fraction of sp³-hybridized carbons (Fsp3) is 0.952. The predicted octanol–water partition coefficient (Wildman–Crippen LogP) is 14.4. The van der Waals surface area contributed by atoms with Crippen LogP contribution in [0.3, 0.4) is 0 Å². The second-order valence-corrected chi connectivity index (χ2v) is 15.0. The van der Waals surface area contributed by atoms with Gasteiger partial charge in [0.25, 0.3) is 0 Å². The molecule has 1 N–H and O–H groups in total. The lowest BCUT2D eigenvalue weighted by Gasteiger charge is -2.06. The van der Waals surface area contributed by atoms with Crippen molar-refractivity contribution in [3.63, 3.8) is 0 Å². The highest BCUT2D eigenvalue weighted by Crippen LogP contribution is 2.15. The topological polar surface area (TPSA) is 63.6 Å². The van der Waals surface area contributed by atoms with E-state index in [9.17, 15) is 9.59 Å². The number of carboxylic acid groups (broad SMARTS) is 1. The molecule has 0 atom stereocenters. The maximum absolute atomic E-state index is 11.9. The van der Waals surface area contributed by atoms with Crippen molar-refractivity contribution in [2.24, 2.45) is 11.8 Å². The molecular formula is C42H84O4. The van der Waals surface area contributed by atoms with Gasteiger partial charge in [-0.1, -0.05) is 208 Å². The second-order valence-electron chi connectivity index (χ2n) is 15.0. The van der Waals surface area contributed by atoms with E-state index in [-0.39, 0.29) is 5.97 Å². The molecule has 4 nitrogen and oxygen atoms in total. The van der Waals surface area contributed by atoms with Crippen LogP contribution >= 0.6 is 0 Å². The zero-order valence-electron chi connectivity index (χ0n) is 32.2. The number of carboxylic acids is 1. The predicted molar refractivity (Wildman–Crippen MR) is 202 cm³/mol. The highest BCUT2D eigenvalue weighted by atomic mass is 16.5. The first-order valence-electron chi connectivity index (χ1n) is 20.7. The first kappa shape index (κ1) is 47.1. The highest BCUT2D eigenvalue weighted by Gasteiger charge is 2.03. The summed E-state index contributed by atoms with van der Waals surface area (Å²) in [7, 11) is 0. The third-order valence-corrected chi connectivity index (χ3v) is 9.10. The largest absolute Gasteiger partial charge is 0.481 e. The molecule has 46 heavy (non-hydrogen) atoms. The number of ether oxygens (including phenoxy) is 1. The van der Waals surface area contributed by atoms with Gasteiger partial charge in [-0.2, -0.15) is 0 Å². The Kier molecular flexibility index (Phi) is 41.0. The number of rotatable bonds is 35. The molecule has 0 radical (unpaired) electrons. The van der Waals surface area contributed by atoms with Crippen LogP contribution in [-0.4, -0.2) is 23.7 Å². The monoisotopic (exact) mass is 653 g/mol. The molecule has 0 aliphatic carbocycles. The standard InChI is InChI=1S/C34H68O2.C8H16O2/c1-4-5-6-7-8-9-10-11-14-17-20-23-26-29-32-36-34(35)31-28-25-22-19-16-13-12-15-18-21-24-27-30-33(2)3;1-7(2)5-3-4-6-8(9)10/h33H,4-32H2,1-3H3;7H,3-6H2,1-2H3,(H,9,10). The Balaban J connectivity index is 0. The van der Waals surface area contributed by atoms with Crippen LogP contribution in [0.2, 0.25) is 0 Å². The molecule has 0 aliphatic rings. The van der Waals surface area contributed by atoms with E-state index in [4.69, 9.17) is 9.84 Å². The molecule has 0 aromatic rings. The molecule has 4 heteroatoms. The molecule has 0 saturated carbocycles. The van der Waals surface area contributed by atoms with Gasteiger partial charge in [0.15, 0.2) is 0 Å². The van der Waals surface area contributed by atoms with Crippen molar-refractivity contribution in [2.75, 3.05) is 6.61 Å². The van der Waals surface area contributed by atoms with E-state index in [0.717, 1.165) is 38.0 Å². The van der Waals surface area contributed by atoms with Gasteiger partial charge < -0.3 is 9.84 Å². The Morgan fingerprint density at radius 1 is 0.435 bits per heavy atom. The van der Waals surface area contributed by atoms with Crippen LogP contribution in [0.25, 0.3) is 0 Å². The summed E-state index contributed by atoms with van der Waals surface area (Å²) in [6, 6.07) is 0. The summed E-state index contributed by atoms with van der Waals surface area (Å²) in [6.07, 6.45) is 40.6. The lowest BCUT2D eigenvalue weighted by Crippen LogP contribution is -2.05. The summed E-state index contributed by atoms with van der Waals surface area (Å²) >= 11 is 0. The van der Waals surface area contributed by atoms with Crippen molar-refractivity contribution in [1.82, 2.24) is 0 Å².